The fourth-order valence-corrected chi connectivity index (χ4v) is 4.22. The first kappa shape index (κ1) is 23.1. The molecule has 0 aliphatic heterocycles. The smallest absolute Gasteiger partial charge is 0.251 e. The van der Waals surface area contributed by atoms with Gasteiger partial charge in [-0.3, -0.25) is 9.59 Å². The average molecular weight is 478 g/mol. The monoisotopic (exact) mass is 477 g/mol. The number of hydrogen-bond acceptors (Lipinski definition) is 5. The van der Waals surface area contributed by atoms with E-state index in [-0.39, 0.29) is 24.1 Å². The van der Waals surface area contributed by atoms with E-state index in [0.29, 0.717) is 38.8 Å². The SMILES string of the molecule is CCn1c(CNC(=O)c2cccc(C)c2)nnc1SCC(=O)Nc1cc(Cl)cc(Cl)c1. The topological polar surface area (TPSA) is 88.9 Å². The van der Waals surface area contributed by atoms with E-state index >= 15 is 0 Å². The summed E-state index contributed by atoms with van der Waals surface area (Å²) >= 11 is 13.2. The van der Waals surface area contributed by atoms with Gasteiger partial charge in [0.15, 0.2) is 11.0 Å². The summed E-state index contributed by atoms with van der Waals surface area (Å²) in [6, 6.07) is 12.2. The van der Waals surface area contributed by atoms with Gasteiger partial charge in [0.2, 0.25) is 5.91 Å². The van der Waals surface area contributed by atoms with Crippen molar-refractivity contribution in [1.82, 2.24) is 20.1 Å². The second-order valence-electron chi connectivity index (χ2n) is 6.69. The third-order valence-electron chi connectivity index (χ3n) is 4.28. The van der Waals surface area contributed by atoms with Gasteiger partial charge in [-0.1, -0.05) is 52.7 Å². The van der Waals surface area contributed by atoms with Crippen LogP contribution in [0.3, 0.4) is 0 Å². The molecule has 0 aliphatic carbocycles. The Kier molecular flexibility index (Phi) is 7.95. The first-order valence-corrected chi connectivity index (χ1v) is 11.3. The number of halogens is 2. The highest BCUT2D eigenvalue weighted by Crippen LogP contribution is 2.23. The Labute approximate surface area is 194 Å². The van der Waals surface area contributed by atoms with Crippen LogP contribution in [0, 0.1) is 6.92 Å². The number of hydrogen-bond donors (Lipinski definition) is 2. The molecular formula is C21H21Cl2N5O2S. The molecule has 10 heteroatoms. The highest BCUT2D eigenvalue weighted by molar-refractivity contribution is 7.99. The number of anilines is 1. The van der Waals surface area contributed by atoms with Crippen LogP contribution < -0.4 is 10.6 Å². The third kappa shape index (κ3) is 6.46. The van der Waals surface area contributed by atoms with Crippen molar-refractivity contribution >= 4 is 52.5 Å². The summed E-state index contributed by atoms with van der Waals surface area (Å²) in [6.45, 7) is 4.73. The van der Waals surface area contributed by atoms with Crippen LogP contribution >= 0.6 is 35.0 Å². The Balaban J connectivity index is 1.58. The Morgan fingerprint density at radius 2 is 1.84 bits per heavy atom. The standard InChI is InChI=1S/C21H21Cl2N5O2S/c1-3-28-18(11-24-20(30)14-6-4-5-13(2)7-14)26-27-21(28)31-12-19(29)25-17-9-15(22)8-16(23)10-17/h4-10H,3,11-12H2,1-2H3,(H,24,30)(H,25,29). The Morgan fingerprint density at radius 3 is 2.52 bits per heavy atom. The molecule has 1 heterocycles. The van der Waals surface area contributed by atoms with Crippen LogP contribution in [0.2, 0.25) is 10.0 Å². The maximum absolute atomic E-state index is 12.4. The molecule has 0 bridgehead atoms. The quantitative estimate of drug-likeness (QED) is 0.463. The third-order valence-corrected chi connectivity index (χ3v) is 5.68. The molecule has 3 aromatic rings. The Bertz CT molecular complexity index is 1080. The van der Waals surface area contributed by atoms with Crippen LogP contribution in [0.25, 0.3) is 0 Å². The molecule has 0 saturated heterocycles. The van der Waals surface area contributed by atoms with Crippen molar-refractivity contribution in [1.29, 1.82) is 0 Å². The van der Waals surface area contributed by atoms with Gasteiger partial charge in [-0.2, -0.15) is 0 Å². The lowest BCUT2D eigenvalue weighted by atomic mass is 10.1. The summed E-state index contributed by atoms with van der Waals surface area (Å²) in [7, 11) is 0. The molecule has 0 radical (unpaired) electrons. The average Bonchev–Trinajstić information content (AvgIpc) is 3.11. The maximum Gasteiger partial charge on any atom is 0.251 e. The van der Waals surface area contributed by atoms with Crippen molar-refractivity contribution in [2.45, 2.75) is 32.1 Å². The molecular weight excluding hydrogens is 457 g/mol. The van der Waals surface area contributed by atoms with Gasteiger partial charge in [0.25, 0.3) is 5.91 Å². The summed E-state index contributed by atoms with van der Waals surface area (Å²) in [5, 5.41) is 15.4. The molecule has 2 amide bonds. The maximum atomic E-state index is 12.4. The van der Waals surface area contributed by atoms with Gasteiger partial charge in [0.05, 0.1) is 12.3 Å². The molecule has 0 aliphatic rings. The van der Waals surface area contributed by atoms with Gasteiger partial charge in [0, 0.05) is 27.8 Å². The lowest BCUT2D eigenvalue weighted by Crippen LogP contribution is -2.25. The zero-order chi connectivity index (χ0) is 22.4. The number of carbonyl (C=O) groups excluding carboxylic acids is 2. The molecule has 0 saturated carbocycles. The lowest BCUT2D eigenvalue weighted by molar-refractivity contribution is -0.113. The number of carbonyl (C=O) groups is 2. The molecule has 0 atom stereocenters. The number of benzene rings is 2. The first-order valence-electron chi connectivity index (χ1n) is 9.51. The Hall–Kier alpha value is -2.55. The molecule has 2 aromatic carbocycles. The number of aryl methyl sites for hydroxylation is 1. The number of rotatable bonds is 8. The second kappa shape index (κ2) is 10.7. The van der Waals surface area contributed by atoms with E-state index in [9.17, 15) is 9.59 Å². The second-order valence-corrected chi connectivity index (χ2v) is 8.51. The van der Waals surface area contributed by atoms with E-state index in [1.165, 1.54) is 11.8 Å². The predicted molar refractivity (Wildman–Crippen MR) is 124 cm³/mol. The van der Waals surface area contributed by atoms with Gasteiger partial charge in [-0.15, -0.1) is 10.2 Å². The van der Waals surface area contributed by atoms with E-state index in [1.807, 2.05) is 36.6 Å². The molecule has 162 valence electrons. The summed E-state index contributed by atoms with van der Waals surface area (Å²) in [5.74, 6) is 0.359. The minimum absolute atomic E-state index is 0.137. The van der Waals surface area contributed by atoms with Crippen LogP contribution in [0.1, 0.15) is 28.7 Å². The number of thioether (sulfide) groups is 1. The molecule has 31 heavy (non-hydrogen) atoms. The number of nitrogens with one attached hydrogen (secondary N) is 2. The van der Waals surface area contributed by atoms with E-state index in [2.05, 4.69) is 20.8 Å². The van der Waals surface area contributed by atoms with Crippen molar-refractivity contribution in [3.63, 3.8) is 0 Å². The minimum Gasteiger partial charge on any atom is -0.345 e. The van der Waals surface area contributed by atoms with Gasteiger partial charge in [-0.25, -0.2) is 0 Å². The van der Waals surface area contributed by atoms with Gasteiger partial charge < -0.3 is 15.2 Å². The molecule has 0 fully saturated rings. The summed E-state index contributed by atoms with van der Waals surface area (Å²) in [5.41, 5.74) is 2.14. The lowest BCUT2D eigenvalue weighted by Gasteiger charge is -2.09. The van der Waals surface area contributed by atoms with E-state index in [1.54, 1.807) is 24.3 Å². The van der Waals surface area contributed by atoms with Crippen molar-refractivity contribution in [2.24, 2.45) is 0 Å². The van der Waals surface area contributed by atoms with Crippen LogP contribution in [-0.2, 0) is 17.9 Å². The zero-order valence-corrected chi connectivity index (χ0v) is 19.3. The summed E-state index contributed by atoms with van der Waals surface area (Å²) in [6.07, 6.45) is 0. The fourth-order valence-electron chi connectivity index (χ4n) is 2.88. The minimum atomic E-state index is -0.219. The van der Waals surface area contributed by atoms with E-state index in [0.717, 1.165) is 5.56 Å². The van der Waals surface area contributed by atoms with Gasteiger partial charge >= 0.3 is 0 Å². The van der Waals surface area contributed by atoms with Gasteiger partial charge in [-0.05, 0) is 44.2 Å². The highest BCUT2D eigenvalue weighted by Gasteiger charge is 2.15. The number of aromatic nitrogens is 3. The van der Waals surface area contributed by atoms with Crippen molar-refractivity contribution in [3.05, 3.63) is 69.5 Å². The molecule has 0 unspecified atom stereocenters. The zero-order valence-electron chi connectivity index (χ0n) is 17.0. The van der Waals surface area contributed by atoms with Gasteiger partial charge in [0.1, 0.15) is 0 Å². The Morgan fingerprint density at radius 1 is 1.10 bits per heavy atom. The normalized spacial score (nSPS) is 10.7. The van der Waals surface area contributed by atoms with Crippen molar-refractivity contribution in [2.75, 3.05) is 11.1 Å². The predicted octanol–water partition coefficient (Wildman–Crippen LogP) is 4.57. The van der Waals surface area contributed by atoms with Crippen molar-refractivity contribution < 1.29 is 9.59 Å². The molecule has 1 aromatic heterocycles. The van der Waals surface area contributed by atoms with Crippen molar-refractivity contribution in [3.8, 4) is 0 Å². The largest absolute Gasteiger partial charge is 0.345 e. The molecule has 7 nitrogen and oxygen atoms in total. The van der Waals surface area contributed by atoms with E-state index < -0.39 is 0 Å². The molecule has 3 rings (SSSR count). The van der Waals surface area contributed by atoms with E-state index in [4.69, 9.17) is 23.2 Å². The van der Waals surface area contributed by atoms with Crippen LogP contribution in [0.5, 0.6) is 0 Å². The molecule has 2 N–H and O–H groups in total. The first-order chi connectivity index (χ1) is 14.9. The van der Waals surface area contributed by atoms with Crippen LogP contribution in [0.4, 0.5) is 5.69 Å². The summed E-state index contributed by atoms with van der Waals surface area (Å²) < 4.78 is 1.87. The summed E-state index contributed by atoms with van der Waals surface area (Å²) in [4.78, 5) is 24.6. The molecule has 0 spiro atoms. The van der Waals surface area contributed by atoms with Crippen LogP contribution in [0.15, 0.2) is 47.6 Å². The highest BCUT2D eigenvalue weighted by atomic mass is 35.5. The van der Waals surface area contributed by atoms with Crippen LogP contribution in [-0.4, -0.2) is 32.3 Å². The number of nitrogens with zero attached hydrogens (tertiary/aromatic N) is 3. The number of amides is 2. The fraction of sp³-hybridized carbons (Fsp3) is 0.238.